The van der Waals surface area contributed by atoms with Gasteiger partial charge < -0.3 is 10.2 Å². The molecule has 0 unspecified atom stereocenters. The van der Waals surface area contributed by atoms with Crippen molar-refractivity contribution in [3.63, 3.8) is 0 Å². The summed E-state index contributed by atoms with van der Waals surface area (Å²) in [5.41, 5.74) is 8.51. The predicted molar refractivity (Wildman–Crippen MR) is 75.3 cm³/mol. The van der Waals surface area contributed by atoms with Crippen molar-refractivity contribution in [2.24, 2.45) is 5.73 Å². The van der Waals surface area contributed by atoms with Crippen LogP contribution in [0, 0.1) is 0 Å². The molecule has 3 aromatic rings. The molecule has 2 aromatic carbocycles. The maximum Gasteiger partial charge on any atom is 0.209 e. The van der Waals surface area contributed by atoms with Gasteiger partial charge in [0.25, 0.3) is 0 Å². The standard InChI is InChI=1S/C16H14N2O/c17-11-14-18-15(12-7-3-1-4-8-12)16(19-14)13-9-5-2-6-10-13/h1-10H,11,17H2. The second-order valence-corrected chi connectivity index (χ2v) is 4.22. The minimum atomic E-state index is 0.298. The Morgan fingerprint density at radius 3 is 2.00 bits per heavy atom. The molecule has 3 nitrogen and oxygen atoms in total. The Morgan fingerprint density at radius 2 is 1.42 bits per heavy atom. The second-order valence-electron chi connectivity index (χ2n) is 4.22. The van der Waals surface area contributed by atoms with E-state index < -0.39 is 0 Å². The summed E-state index contributed by atoms with van der Waals surface area (Å²) in [5, 5.41) is 0. The van der Waals surface area contributed by atoms with Gasteiger partial charge in [-0.05, 0) is 0 Å². The largest absolute Gasteiger partial charge is 0.439 e. The zero-order chi connectivity index (χ0) is 13.1. The average Bonchev–Trinajstić information content (AvgIpc) is 2.93. The van der Waals surface area contributed by atoms with E-state index in [1.807, 2.05) is 60.7 Å². The first-order valence-electron chi connectivity index (χ1n) is 6.19. The summed E-state index contributed by atoms with van der Waals surface area (Å²) >= 11 is 0. The molecule has 1 aromatic heterocycles. The van der Waals surface area contributed by atoms with Crippen molar-refractivity contribution < 1.29 is 4.42 Å². The zero-order valence-electron chi connectivity index (χ0n) is 10.4. The summed E-state index contributed by atoms with van der Waals surface area (Å²) in [4.78, 5) is 4.48. The van der Waals surface area contributed by atoms with E-state index in [0.717, 1.165) is 22.6 Å². The molecule has 0 radical (unpaired) electrons. The first-order chi connectivity index (χ1) is 9.38. The van der Waals surface area contributed by atoms with Crippen LogP contribution in [-0.4, -0.2) is 4.98 Å². The Bertz CT molecular complexity index is 603. The summed E-state index contributed by atoms with van der Waals surface area (Å²) in [6.07, 6.45) is 0. The van der Waals surface area contributed by atoms with Crippen LogP contribution in [0.5, 0.6) is 0 Å². The van der Waals surface area contributed by atoms with Crippen molar-refractivity contribution in [2.45, 2.75) is 6.54 Å². The SMILES string of the molecule is NCc1nc(-c2ccccc2)c(-c2ccccc2)o1. The van der Waals surface area contributed by atoms with E-state index in [-0.39, 0.29) is 0 Å². The first kappa shape index (κ1) is 11.7. The number of aromatic nitrogens is 1. The van der Waals surface area contributed by atoms with Gasteiger partial charge in [-0.1, -0.05) is 60.7 Å². The average molecular weight is 250 g/mol. The third-order valence-electron chi connectivity index (χ3n) is 2.93. The Morgan fingerprint density at radius 1 is 0.842 bits per heavy atom. The number of benzene rings is 2. The van der Waals surface area contributed by atoms with E-state index in [4.69, 9.17) is 10.2 Å². The topological polar surface area (TPSA) is 52.0 Å². The van der Waals surface area contributed by atoms with Crippen molar-refractivity contribution in [3.8, 4) is 22.6 Å². The van der Waals surface area contributed by atoms with Gasteiger partial charge in [-0.25, -0.2) is 4.98 Å². The van der Waals surface area contributed by atoms with Crippen LogP contribution in [0.2, 0.25) is 0 Å². The summed E-state index contributed by atoms with van der Waals surface area (Å²) in [6.45, 7) is 0.298. The van der Waals surface area contributed by atoms with Gasteiger partial charge >= 0.3 is 0 Å². The molecule has 0 saturated heterocycles. The molecule has 0 aliphatic heterocycles. The number of nitrogens with zero attached hydrogens (tertiary/aromatic N) is 1. The Kier molecular flexibility index (Phi) is 3.12. The van der Waals surface area contributed by atoms with E-state index >= 15 is 0 Å². The highest BCUT2D eigenvalue weighted by atomic mass is 16.4. The van der Waals surface area contributed by atoms with Crippen LogP contribution in [-0.2, 0) is 6.54 Å². The van der Waals surface area contributed by atoms with Gasteiger partial charge in [0.1, 0.15) is 5.69 Å². The molecule has 1 heterocycles. The van der Waals surface area contributed by atoms with Crippen molar-refractivity contribution in [3.05, 3.63) is 66.6 Å². The molecule has 2 N–H and O–H groups in total. The molecular formula is C16H14N2O. The van der Waals surface area contributed by atoms with Gasteiger partial charge in [0, 0.05) is 11.1 Å². The molecular weight excluding hydrogens is 236 g/mol. The second kappa shape index (κ2) is 5.08. The molecule has 0 spiro atoms. The summed E-state index contributed by atoms with van der Waals surface area (Å²) in [5.74, 6) is 1.32. The van der Waals surface area contributed by atoms with Gasteiger partial charge in [-0.3, -0.25) is 0 Å². The Balaban J connectivity index is 2.17. The van der Waals surface area contributed by atoms with Crippen molar-refractivity contribution in [1.29, 1.82) is 0 Å². The number of hydrogen-bond donors (Lipinski definition) is 1. The van der Waals surface area contributed by atoms with Crippen LogP contribution in [0.3, 0.4) is 0 Å². The number of rotatable bonds is 3. The van der Waals surface area contributed by atoms with Crippen molar-refractivity contribution >= 4 is 0 Å². The lowest BCUT2D eigenvalue weighted by Crippen LogP contribution is -1.95. The lowest BCUT2D eigenvalue weighted by Gasteiger charge is -2.00. The lowest BCUT2D eigenvalue weighted by atomic mass is 10.1. The fourth-order valence-corrected chi connectivity index (χ4v) is 2.03. The predicted octanol–water partition coefficient (Wildman–Crippen LogP) is 3.47. The summed E-state index contributed by atoms with van der Waals surface area (Å²) in [6, 6.07) is 19.9. The number of hydrogen-bond acceptors (Lipinski definition) is 3. The molecule has 0 aliphatic carbocycles. The van der Waals surface area contributed by atoms with Crippen molar-refractivity contribution in [2.75, 3.05) is 0 Å². The van der Waals surface area contributed by atoms with E-state index in [9.17, 15) is 0 Å². The third kappa shape index (κ3) is 2.28. The molecule has 19 heavy (non-hydrogen) atoms. The number of oxazole rings is 1. The van der Waals surface area contributed by atoms with Crippen LogP contribution >= 0.6 is 0 Å². The molecule has 0 amide bonds. The maximum absolute atomic E-state index is 5.77. The minimum Gasteiger partial charge on any atom is -0.439 e. The molecule has 3 heteroatoms. The van der Waals surface area contributed by atoms with Crippen LogP contribution in [0.25, 0.3) is 22.6 Å². The fourth-order valence-electron chi connectivity index (χ4n) is 2.03. The quantitative estimate of drug-likeness (QED) is 0.774. The maximum atomic E-state index is 5.77. The van der Waals surface area contributed by atoms with Crippen LogP contribution in [0.1, 0.15) is 5.89 Å². The van der Waals surface area contributed by atoms with E-state index in [1.54, 1.807) is 0 Å². The Labute approximate surface area is 111 Å². The molecule has 0 fully saturated rings. The van der Waals surface area contributed by atoms with Crippen molar-refractivity contribution in [1.82, 2.24) is 4.98 Å². The highest BCUT2D eigenvalue weighted by Gasteiger charge is 2.15. The van der Waals surface area contributed by atoms with Crippen LogP contribution in [0.4, 0.5) is 0 Å². The Hall–Kier alpha value is -2.39. The van der Waals surface area contributed by atoms with Gasteiger partial charge in [0.2, 0.25) is 5.89 Å². The number of nitrogens with two attached hydrogens (primary N) is 1. The lowest BCUT2D eigenvalue weighted by molar-refractivity contribution is 0.509. The fraction of sp³-hybridized carbons (Fsp3) is 0.0625. The minimum absolute atomic E-state index is 0.298. The normalized spacial score (nSPS) is 10.6. The highest BCUT2D eigenvalue weighted by Crippen LogP contribution is 2.32. The molecule has 3 rings (SSSR count). The van der Waals surface area contributed by atoms with E-state index in [2.05, 4.69) is 4.98 Å². The van der Waals surface area contributed by atoms with Gasteiger partial charge in [0.05, 0.1) is 6.54 Å². The summed E-state index contributed by atoms with van der Waals surface area (Å²) < 4.78 is 5.77. The molecule has 0 atom stereocenters. The smallest absolute Gasteiger partial charge is 0.209 e. The van der Waals surface area contributed by atoms with E-state index in [0.29, 0.717) is 12.4 Å². The zero-order valence-corrected chi connectivity index (χ0v) is 10.4. The first-order valence-corrected chi connectivity index (χ1v) is 6.19. The van der Waals surface area contributed by atoms with Gasteiger partial charge in [-0.15, -0.1) is 0 Å². The molecule has 0 saturated carbocycles. The van der Waals surface area contributed by atoms with Crippen LogP contribution < -0.4 is 5.73 Å². The highest BCUT2D eigenvalue weighted by molar-refractivity contribution is 5.76. The molecule has 0 aliphatic rings. The van der Waals surface area contributed by atoms with Crippen LogP contribution in [0.15, 0.2) is 65.1 Å². The third-order valence-corrected chi connectivity index (χ3v) is 2.93. The molecule has 94 valence electrons. The monoisotopic (exact) mass is 250 g/mol. The summed E-state index contributed by atoms with van der Waals surface area (Å²) in [7, 11) is 0. The molecule has 0 bridgehead atoms. The van der Waals surface area contributed by atoms with E-state index in [1.165, 1.54) is 0 Å². The van der Waals surface area contributed by atoms with Gasteiger partial charge in [-0.2, -0.15) is 0 Å². The van der Waals surface area contributed by atoms with Gasteiger partial charge in [0.15, 0.2) is 5.76 Å².